The Bertz CT molecular complexity index is 1170. The molecular weight excluding hydrogens is 426 g/mol. The molecule has 34 heavy (non-hydrogen) atoms. The summed E-state index contributed by atoms with van der Waals surface area (Å²) in [5.41, 5.74) is 6.96. The second-order valence-electron chi connectivity index (χ2n) is 9.50. The monoisotopic (exact) mass is 457 g/mol. The van der Waals surface area contributed by atoms with Gasteiger partial charge in [-0.1, -0.05) is 12.1 Å². The van der Waals surface area contributed by atoms with Crippen LogP contribution in [0.4, 0.5) is 5.82 Å². The molecule has 1 saturated heterocycles. The molecule has 176 valence electrons. The summed E-state index contributed by atoms with van der Waals surface area (Å²) >= 11 is 0. The molecule has 7 nitrogen and oxygen atoms in total. The van der Waals surface area contributed by atoms with Gasteiger partial charge in [-0.05, 0) is 54.5 Å². The molecule has 2 aliphatic carbocycles. The third-order valence-electron chi connectivity index (χ3n) is 7.54. The molecule has 0 bridgehead atoms. The highest BCUT2D eigenvalue weighted by Crippen LogP contribution is 2.42. The van der Waals surface area contributed by atoms with Crippen LogP contribution in [0.2, 0.25) is 0 Å². The molecule has 1 N–H and O–H groups in total. The number of morpholine rings is 1. The fourth-order valence-electron chi connectivity index (χ4n) is 5.68. The molecule has 1 aliphatic heterocycles. The van der Waals surface area contributed by atoms with Gasteiger partial charge in [-0.3, -0.25) is 9.88 Å². The fourth-order valence-corrected chi connectivity index (χ4v) is 5.68. The summed E-state index contributed by atoms with van der Waals surface area (Å²) in [5.74, 6) is 1.73. The SMILES string of the molecule is COc1cncc(-c2ccc3c(c2)-c2c(ncnc2NC2CCC(N4CCOCC4)CC2)C3)c1. The van der Waals surface area contributed by atoms with E-state index in [1.807, 2.05) is 12.3 Å². The highest BCUT2D eigenvalue weighted by molar-refractivity contribution is 5.86. The van der Waals surface area contributed by atoms with Crippen LogP contribution < -0.4 is 10.1 Å². The molecule has 3 aliphatic rings. The lowest BCUT2D eigenvalue weighted by Gasteiger charge is -2.39. The summed E-state index contributed by atoms with van der Waals surface area (Å²) in [5, 5.41) is 3.80. The molecular formula is C27H31N5O2. The zero-order valence-corrected chi connectivity index (χ0v) is 19.7. The molecule has 1 aromatic carbocycles. The minimum atomic E-state index is 0.450. The number of anilines is 1. The summed E-state index contributed by atoms with van der Waals surface area (Å²) in [6.07, 6.45) is 11.0. The number of ether oxygens (including phenoxy) is 2. The molecule has 2 aromatic heterocycles. The van der Waals surface area contributed by atoms with E-state index in [0.29, 0.717) is 12.1 Å². The van der Waals surface area contributed by atoms with Crippen LogP contribution in [0, 0.1) is 0 Å². The van der Waals surface area contributed by atoms with Gasteiger partial charge in [-0.2, -0.15) is 0 Å². The highest BCUT2D eigenvalue weighted by Gasteiger charge is 2.29. The van der Waals surface area contributed by atoms with Crippen LogP contribution in [-0.4, -0.2) is 65.3 Å². The lowest BCUT2D eigenvalue weighted by Crippen LogP contribution is -2.46. The molecule has 0 spiro atoms. The Balaban J connectivity index is 1.22. The molecule has 0 unspecified atom stereocenters. The van der Waals surface area contributed by atoms with Gasteiger partial charge in [0, 0.05) is 48.9 Å². The normalized spacial score (nSPS) is 22.1. The first-order valence-electron chi connectivity index (χ1n) is 12.3. The van der Waals surface area contributed by atoms with Crippen LogP contribution >= 0.6 is 0 Å². The summed E-state index contributed by atoms with van der Waals surface area (Å²) in [4.78, 5) is 16.3. The van der Waals surface area contributed by atoms with E-state index in [0.717, 1.165) is 66.7 Å². The van der Waals surface area contributed by atoms with Gasteiger partial charge in [0.05, 0.1) is 32.2 Å². The topological polar surface area (TPSA) is 72.4 Å². The number of nitrogens with one attached hydrogen (secondary N) is 1. The van der Waals surface area contributed by atoms with E-state index in [1.165, 1.54) is 36.8 Å². The minimum absolute atomic E-state index is 0.450. The zero-order valence-electron chi connectivity index (χ0n) is 19.7. The van der Waals surface area contributed by atoms with Gasteiger partial charge in [-0.15, -0.1) is 0 Å². The highest BCUT2D eigenvalue weighted by atomic mass is 16.5. The van der Waals surface area contributed by atoms with Crippen molar-refractivity contribution < 1.29 is 9.47 Å². The maximum absolute atomic E-state index is 5.53. The zero-order chi connectivity index (χ0) is 22.9. The van der Waals surface area contributed by atoms with Crippen molar-refractivity contribution >= 4 is 5.82 Å². The van der Waals surface area contributed by atoms with Crippen LogP contribution in [0.15, 0.2) is 43.0 Å². The Kier molecular flexibility index (Phi) is 5.89. The fraction of sp³-hybridized carbons (Fsp3) is 0.444. The Morgan fingerprint density at radius 3 is 2.68 bits per heavy atom. The van der Waals surface area contributed by atoms with Gasteiger partial charge in [0.1, 0.15) is 17.9 Å². The lowest BCUT2D eigenvalue weighted by atomic mass is 9.89. The molecule has 3 heterocycles. The van der Waals surface area contributed by atoms with E-state index in [4.69, 9.17) is 14.5 Å². The van der Waals surface area contributed by atoms with Crippen LogP contribution in [0.5, 0.6) is 5.75 Å². The predicted molar refractivity (Wildman–Crippen MR) is 132 cm³/mol. The first-order valence-corrected chi connectivity index (χ1v) is 12.3. The first-order chi connectivity index (χ1) is 16.8. The van der Waals surface area contributed by atoms with E-state index < -0.39 is 0 Å². The number of hydrogen-bond acceptors (Lipinski definition) is 7. The lowest BCUT2D eigenvalue weighted by molar-refractivity contribution is 0.00791. The van der Waals surface area contributed by atoms with E-state index >= 15 is 0 Å². The van der Waals surface area contributed by atoms with Crippen molar-refractivity contribution in [3.05, 3.63) is 54.2 Å². The number of fused-ring (bicyclic) bond motifs is 3. The Labute approximate surface area is 200 Å². The number of rotatable bonds is 5. The maximum Gasteiger partial charge on any atom is 0.137 e. The van der Waals surface area contributed by atoms with Crippen molar-refractivity contribution in [1.29, 1.82) is 0 Å². The smallest absolute Gasteiger partial charge is 0.137 e. The van der Waals surface area contributed by atoms with Gasteiger partial charge < -0.3 is 14.8 Å². The molecule has 0 radical (unpaired) electrons. The summed E-state index contributed by atoms with van der Waals surface area (Å²) in [6.45, 7) is 3.89. The van der Waals surface area contributed by atoms with E-state index in [2.05, 4.69) is 38.4 Å². The van der Waals surface area contributed by atoms with Crippen LogP contribution in [-0.2, 0) is 11.2 Å². The molecule has 0 amide bonds. The molecule has 7 heteroatoms. The predicted octanol–water partition coefficient (Wildman–Crippen LogP) is 4.17. The number of nitrogens with zero attached hydrogens (tertiary/aromatic N) is 4. The Hall–Kier alpha value is -3.03. The second-order valence-corrected chi connectivity index (χ2v) is 9.50. The van der Waals surface area contributed by atoms with E-state index in [-0.39, 0.29) is 0 Å². The Morgan fingerprint density at radius 1 is 1.00 bits per heavy atom. The first kappa shape index (κ1) is 21.5. The van der Waals surface area contributed by atoms with Gasteiger partial charge in [0.15, 0.2) is 0 Å². The Morgan fingerprint density at radius 2 is 1.85 bits per heavy atom. The molecule has 2 fully saturated rings. The number of hydrogen-bond donors (Lipinski definition) is 1. The molecule has 3 aromatic rings. The standard InChI is InChI=1S/C27H31N5O2/c1-33-23-12-20(15-28-16-23)18-2-3-19-14-25-26(24(19)13-18)27(30-17-29-25)31-21-4-6-22(7-5-21)32-8-10-34-11-9-32/h2-3,12-13,15-17,21-22H,4-11,14H2,1H3,(H,29,30,31). The number of aromatic nitrogens is 3. The van der Waals surface area contributed by atoms with Crippen molar-refractivity contribution in [1.82, 2.24) is 19.9 Å². The quantitative estimate of drug-likeness (QED) is 0.482. The summed E-state index contributed by atoms with van der Waals surface area (Å²) in [7, 11) is 1.67. The summed E-state index contributed by atoms with van der Waals surface area (Å²) < 4.78 is 10.9. The average molecular weight is 458 g/mol. The van der Waals surface area contributed by atoms with Crippen LogP contribution in [0.25, 0.3) is 22.3 Å². The van der Waals surface area contributed by atoms with Gasteiger partial charge >= 0.3 is 0 Å². The van der Waals surface area contributed by atoms with E-state index in [9.17, 15) is 0 Å². The van der Waals surface area contributed by atoms with Crippen LogP contribution in [0.3, 0.4) is 0 Å². The molecule has 6 rings (SSSR count). The largest absolute Gasteiger partial charge is 0.495 e. The van der Waals surface area contributed by atoms with Crippen molar-refractivity contribution in [3.8, 4) is 28.0 Å². The van der Waals surface area contributed by atoms with Gasteiger partial charge in [0.2, 0.25) is 0 Å². The van der Waals surface area contributed by atoms with E-state index in [1.54, 1.807) is 19.6 Å². The van der Waals surface area contributed by atoms with Gasteiger partial charge in [-0.25, -0.2) is 9.97 Å². The van der Waals surface area contributed by atoms with Crippen molar-refractivity contribution in [2.45, 2.75) is 44.2 Å². The number of benzene rings is 1. The maximum atomic E-state index is 5.53. The second kappa shape index (κ2) is 9.31. The number of pyridine rings is 1. The third-order valence-corrected chi connectivity index (χ3v) is 7.54. The molecule has 1 saturated carbocycles. The average Bonchev–Trinajstić information content (AvgIpc) is 3.28. The van der Waals surface area contributed by atoms with Gasteiger partial charge in [0.25, 0.3) is 0 Å². The number of methoxy groups -OCH3 is 1. The van der Waals surface area contributed by atoms with Crippen LogP contribution in [0.1, 0.15) is 36.9 Å². The van der Waals surface area contributed by atoms with Crippen molar-refractivity contribution in [3.63, 3.8) is 0 Å². The van der Waals surface area contributed by atoms with Crippen molar-refractivity contribution in [2.75, 3.05) is 38.7 Å². The summed E-state index contributed by atoms with van der Waals surface area (Å²) in [6, 6.07) is 9.79. The van der Waals surface area contributed by atoms with Crippen molar-refractivity contribution in [2.24, 2.45) is 0 Å². The minimum Gasteiger partial charge on any atom is -0.495 e. The molecule has 0 atom stereocenters. The third kappa shape index (κ3) is 4.14.